The predicted octanol–water partition coefficient (Wildman–Crippen LogP) is 4.77. The number of rotatable bonds is 6. The summed E-state index contributed by atoms with van der Waals surface area (Å²) in [6.45, 7) is 4.54. The molecule has 2 rings (SSSR count). The third kappa shape index (κ3) is 3.46. The van der Waals surface area contributed by atoms with E-state index in [0.717, 1.165) is 5.92 Å². The van der Waals surface area contributed by atoms with Gasteiger partial charge in [-0.25, -0.2) is 0 Å². The summed E-state index contributed by atoms with van der Waals surface area (Å²) in [6.07, 6.45) is 9.08. The van der Waals surface area contributed by atoms with Crippen LogP contribution in [0.3, 0.4) is 0 Å². The lowest BCUT2D eigenvalue weighted by atomic mass is 9.89. The summed E-state index contributed by atoms with van der Waals surface area (Å²) in [4.78, 5) is 0. The Morgan fingerprint density at radius 3 is 2.11 bits per heavy atom. The normalized spacial score (nSPS) is 11.2. The molecule has 0 fully saturated rings. The Kier molecular flexibility index (Phi) is 4.78. The van der Waals surface area contributed by atoms with Crippen molar-refractivity contribution in [3.05, 3.63) is 42.2 Å². The van der Waals surface area contributed by atoms with E-state index in [1.54, 1.807) is 0 Å². The standard InChI is InChI=1S/C17H24N2/c1-4-6-14(7-5-2)15-8-10-16(11-9-15)17-12-18-19(3)13-17/h8-14H,4-7H2,1-3H3. The molecule has 2 nitrogen and oxygen atoms in total. The van der Waals surface area contributed by atoms with Crippen LogP contribution >= 0.6 is 0 Å². The molecule has 0 atom stereocenters. The summed E-state index contributed by atoms with van der Waals surface area (Å²) in [5.41, 5.74) is 3.93. The molecule has 0 aliphatic heterocycles. The lowest BCUT2D eigenvalue weighted by molar-refractivity contribution is 0.561. The van der Waals surface area contributed by atoms with E-state index in [1.807, 2.05) is 17.9 Å². The minimum absolute atomic E-state index is 0.720. The molecule has 2 aromatic rings. The Hall–Kier alpha value is -1.57. The number of hydrogen-bond acceptors (Lipinski definition) is 1. The molecule has 0 unspecified atom stereocenters. The highest BCUT2D eigenvalue weighted by Gasteiger charge is 2.10. The van der Waals surface area contributed by atoms with Crippen LogP contribution in [0.4, 0.5) is 0 Å². The van der Waals surface area contributed by atoms with Crippen LogP contribution < -0.4 is 0 Å². The minimum atomic E-state index is 0.720. The van der Waals surface area contributed by atoms with Crippen LogP contribution in [0.15, 0.2) is 36.7 Å². The van der Waals surface area contributed by atoms with Gasteiger partial charge in [0.2, 0.25) is 0 Å². The third-order valence-corrected chi connectivity index (χ3v) is 3.69. The number of aromatic nitrogens is 2. The zero-order chi connectivity index (χ0) is 13.7. The summed E-state index contributed by atoms with van der Waals surface area (Å²) in [6, 6.07) is 9.03. The van der Waals surface area contributed by atoms with E-state index in [1.165, 1.54) is 42.4 Å². The summed E-state index contributed by atoms with van der Waals surface area (Å²) in [5.74, 6) is 0.720. The number of nitrogens with zero attached hydrogens (tertiary/aromatic N) is 2. The largest absolute Gasteiger partial charge is 0.275 e. The highest BCUT2D eigenvalue weighted by Crippen LogP contribution is 2.28. The molecule has 1 aromatic heterocycles. The van der Waals surface area contributed by atoms with Crippen LogP contribution in [-0.2, 0) is 7.05 Å². The maximum atomic E-state index is 4.23. The van der Waals surface area contributed by atoms with Crippen LogP contribution in [0.2, 0.25) is 0 Å². The monoisotopic (exact) mass is 256 g/mol. The second-order valence-corrected chi connectivity index (χ2v) is 5.30. The van der Waals surface area contributed by atoms with Gasteiger partial charge in [-0.05, 0) is 29.9 Å². The van der Waals surface area contributed by atoms with Gasteiger partial charge < -0.3 is 0 Å². The lowest BCUT2D eigenvalue weighted by Crippen LogP contribution is -1.98. The third-order valence-electron chi connectivity index (χ3n) is 3.69. The van der Waals surface area contributed by atoms with Crippen molar-refractivity contribution in [3.8, 4) is 11.1 Å². The number of aryl methyl sites for hydroxylation is 1. The second kappa shape index (κ2) is 6.55. The van der Waals surface area contributed by atoms with Gasteiger partial charge >= 0.3 is 0 Å². The second-order valence-electron chi connectivity index (χ2n) is 5.30. The molecule has 0 amide bonds. The van der Waals surface area contributed by atoms with Gasteiger partial charge in [0, 0.05) is 18.8 Å². The average Bonchev–Trinajstić information content (AvgIpc) is 2.85. The summed E-state index contributed by atoms with van der Waals surface area (Å²) < 4.78 is 1.85. The van der Waals surface area contributed by atoms with Gasteiger partial charge in [0.15, 0.2) is 0 Å². The molecule has 0 radical (unpaired) electrons. The molecule has 0 bridgehead atoms. The van der Waals surface area contributed by atoms with E-state index < -0.39 is 0 Å². The summed E-state index contributed by atoms with van der Waals surface area (Å²) in [5, 5.41) is 4.23. The highest BCUT2D eigenvalue weighted by molar-refractivity contribution is 5.62. The SMILES string of the molecule is CCCC(CCC)c1ccc(-c2cnn(C)c2)cc1. The van der Waals surface area contributed by atoms with Crippen molar-refractivity contribution in [2.24, 2.45) is 7.05 Å². The van der Waals surface area contributed by atoms with Crippen LogP contribution in [0.5, 0.6) is 0 Å². The first-order valence-electron chi connectivity index (χ1n) is 7.33. The average molecular weight is 256 g/mol. The van der Waals surface area contributed by atoms with E-state index in [9.17, 15) is 0 Å². The van der Waals surface area contributed by atoms with Gasteiger partial charge in [-0.1, -0.05) is 51.0 Å². The summed E-state index contributed by atoms with van der Waals surface area (Å²) >= 11 is 0. The minimum Gasteiger partial charge on any atom is -0.275 e. The van der Waals surface area contributed by atoms with E-state index in [0.29, 0.717) is 0 Å². The van der Waals surface area contributed by atoms with Crippen molar-refractivity contribution in [1.82, 2.24) is 9.78 Å². The van der Waals surface area contributed by atoms with Gasteiger partial charge in [0.25, 0.3) is 0 Å². The van der Waals surface area contributed by atoms with Crippen LogP contribution in [0.1, 0.15) is 51.0 Å². The maximum absolute atomic E-state index is 4.23. The Bertz CT molecular complexity index is 490. The summed E-state index contributed by atoms with van der Waals surface area (Å²) in [7, 11) is 1.95. The van der Waals surface area contributed by atoms with Crippen molar-refractivity contribution < 1.29 is 0 Å². The molecule has 0 saturated carbocycles. The Morgan fingerprint density at radius 1 is 1.00 bits per heavy atom. The number of hydrogen-bond donors (Lipinski definition) is 0. The highest BCUT2D eigenvalue weighted by atomic mass is 15.2. The van der Waals surface area contributed by atoms with E-state index in [-0.39, 0.29) is 0 Å². The van der Waals surface area contributed by atoms with Crippen LogP contribution in [-0.4, -0.2) is 9.78 Å². The zero-order valence-corrected chi connectivity index (χ0v) is 12.3. The molecule has 0 spiro atoms. The van der Waals surface area contributed by atoms with Crippen molar-refractivity contribution >= 4 is 0 Å². The van der Waals surface area contributed by atoms with Crippen molar-refractivity contribution in [2.45, 2.75) is 45.4 Å². The van der Waals surface area contributed by atoms with Crippen molar-refractivity contribution in [3.63, 3.8) is 0 Å². The molecule has 0 aliphatic carbocycles. The molecular formula is C17H24N2. The van der Waals surface area contributed by atoms with Gasteiger partial charge in [0.05, 0.1) is 6.20 Å². The number of benzene rings is 1. The fourth-order valence-corrected chi connectivity index (χ4v) is 2.69. The van der Waals surface area contributed by atoms with E-state index in [4.69, 9.17) is 0 Å². The quantitative estimate of drug-likeness (QED) is 0.728. The molecule has 102 valence electrons. The topological polar surface area (TPSA) is 17.8 Å². The first-order valence-corrected chi connectivity index (χ1v) is 7.33. The van der Waals surface area contributed by atoms with Gasteiger partial charge in [-0.3, -0.25) is 4.68 Å². The van der Waals surface area contributed by atoms with Crippen molar-refractivity contribution in [2.75, 3.05) is 0 Å². The fourth-order valence-electron chi connectivity index (χ4n) is 2.69. The van der Waals surface area contributed by atoms with Crippen LogP contribution in [0.25, 0.3) is 11.1 Å². The molecule has 0 N–H and O–H groups in total. The molecule has 1 aromatic carbocycles. The predicted molar refractivity (Wildman–Crippen MR) is 81.2 cm³/mol. The van der Waals surface area contributed by atoms with E-state index in [2.05, 4.69) is 49.4 Å². The first-order chi connectivity index (χ1) is 9.24. The molecular weight excluding hydrogens is 232 g/mol. The lowest BCUT2D eigenvalue weighted by Gasteiger charge is -2.16. The van der Waals surface area contributed by atoms with Gasteiger partial charge in [0.1, 0.15) is 0 Å². The smallest absolute Gasteiger partial charge is 0.0568 e. The Morgan fingerprint density at radius 2 is 1.63 bits per heavy atom. The molecule has 1 heterocycles. The fraction of sp³-hybridized carbons (Fsp3) is 0.471. The first kappa shape index (κ1) is 13.9. The zero-order valence-electron chi connectivity index (χ0n) is 12.3. The van der Waals surface area contributed by atoms with Gasteiger partial charge in [-0.15, -0.1) is 0 Å². The van der Waals surface area contributed by atoms with Crippen molar-refractivity contribution in [1.29, 1.82) is 0 Å². The Balaban J connectivity index is 2.17. The molecule has 0 aliphatic rings. The molecule has 2 heteroatoms. The van der Waals surface area contributed by atoms with Gasteiger partial charge in [-0.2, -0.15) is 5.10 Å². The van der Waals surface area contributed by atoms with E-state index >= 15 is 0 Å². The Labute approximate surface area is 116 Å². The molecule has 0 saturated heterocycles. The maximum Gasteiger partial charge on any atom is 0.0568 e. The molecule has 19 heavy (non-hydrogen) atoms. The van der Waals surface area contributed by atoms with Crippen LogP contribution in [0, 0.1) is 0 Å².